The normalized spacial score (nSPS) is 10.8. The first-order chi connectivity index (χ1) is 6.20. The topological polar surface area (TPSA) is 29.0 Å². The molecule has 0 spiro atoms. The smallest absolute Gasteiger partial charge is 0.187 e. The van der Waals surface area contributed by atoms with Crippen molar-refractivity contribution >= 4 is 29.1 Å². The molecule has 1 aromatic rings. The first kappa shape index (κ1) is 10.7. The zero-order valence-electron chi connectivity index (χ0n) is 8.12. The Kier molecular flexibility index (Phi) is 3.93. The summed E-state index contributed by atoms with van der Waals surface area (Å²) in [5.74, 6) is 0.806. The van der Waals surface area contributed by atoms with E-state index in [1.54, 1.807) is 0 Å². The maximum atomic E-state index is 5.89. The first-order valence-electron chi connectivity index (χ1n) is 4.41. The predicted molar refractivity (Wildman–Crippen MR) is 57.7 cm³/mol. The minimum atomic E-state index is 0.501. The minimum absolute atomic E-state index is 0.501. The molecule has 0 N–H and O–H groups in total. The Morgan fingerprint density at radius 1 is 1.38 bits per heavy atom. The average molecular weight is 220 g/mol. The third-order valence-electron chi connectivity index (χ3n) is 2.26. The number of hydrogen-bond donors (Lipinski definition) is 0. The summed E-state index contributed by atoms with van der Waals surface area (Å²) in [4.78, 5) is 2.10. The van der Waals surface area contributed by atoms with E-state index in [0.29, 0.717) is 11.2 Å². The van der Waals surface area contributed by atoms with Gasteiger partial charge in [0, 0.05) is 13.1 Å². The zero-order chi connectivity index (χ0) is 9.84. The van der Waals surface area contributed by atoms with E-state index in [2.05, 4.69) is 27.5 Å². The molecule has 0 aliphatic rings. The van der Waals surface area contributed by atoms with E-state index in [-0.39, 0.29) is 0 Å². The van der Waals surface area contributed by atoms with Gasteiger partial charge in [0.15, 0.2) is 11.0 Å². The fourth-order valence-electron chi connectivity index (χ4n) is 1.39. The molecule has 0 atom stereocenters. The summed E-state index contributed by atoms with van der Waals surface area (Å²) in [5.41, 5.74) is 0. The van der Waals surface area contributed by atoms with Gasteiger partial charge in [0.25, 0.3) is 0 Å². The lowest BCUT2D eigenvalue weighted by atomic mass is 10.1. The zero-order valence-corrected chi connectivity index (χ0v) is 9.69. The van der Waals surface area contributed by atoms with Crippen LogP contribution >= 0.6 is 23.3 Å². The Morgan fingerprint density at radius 3 is 2.38 bits per heavy atom. The third kappa shape index (κ3) is 2.31. The van der Waals surface area contributed by atoms with Crippen LogP contribution in [-0.4, -0.2) is 21.8 Å². The van der Waals surface area contributed by atoms with Crippen LogP contribution in [0.4, 0.5) is 5.82 Å². The lowest BCUT2D eigenvalue weighted by Gasteiger charge is -2.25. The molecule has 1 rings (SSSR count). The van der Waals surface area contributed by atoms with Gasteiger partial charge in [-0.3, -0.25) is 0 Å². The van der Waals surface area contributed by atoms with Gasteiger partial charge in [-0.25, -0.2) is 0 Å². The van der Waals surface area contributed by atoms with Gasteiger partial charge in [0.2, 0.25) is 0 Å². The SMILES string of the molecule is CCC(CC)N(C)c1nsnc1Cl. The van der Waals surface area contributed by atoms with Gasteiger partial charge in [-0.2, -0.15) is 8.75 Å². The van der Waals surface area contributed by atoms with Crippen molar-refractivity contribution in [2.75, 3.05) is 11.9 Å². The van der Waals surface area contributed by atoms with Crippen molar-refractivity contribution in [3.05, 3.63) is 5.15 Å². The number of aromatic nitrogens is 2. The molecule has 74 valence electrons. The molecular formula is C8H14ClN3S. The predicted octanol–water partition coefficient (Wildman–Crippen LogP) is 2.82. The number of nitrogens with zero attached hydrogens (tertiary/aromatic N) is 3. The highest BCUT2D eigenvalue weighted by atomic mass is 35.5. The lowest BCUT2D eigenvalue weighted by Crippen LogP contribution is -2.30. The molecule has 0 saturated carbocycles. The molecule has 0 bridgehead atoms. The van der Waals surface area contributed by atoms with E-state index in [1.807, 2.05) is 7.05 Å². The minimum Gasteiger partial charge on any atom is -0.353 e. The molecule has 0 amide bonds. The molecule has 0 aliphatic heterocycles. The Balaban J connectivity index is 2.77. The van der Waals surface area contributed by atoms with Crippen molar-refractivity contribution in [1.82, 2.24) is 8.75 Å². The number of hydrogen-bond acceptors (Lipinski definition) is 4. The number of anilines is 1. The Bertz CT molecular complexity index is 260. The fourth-order valence-corrected chi connectivity index (χ4v) is 2.20. The summed E-state index contributed by atoms with van der Waals surface area (Å²) < 4.78 is 8.10. The van der Waals surface area contributed by atoms with E-state index in [0.717, 1.165) is 30.4 Å². The third-order valence-corrected chi connectivity index (χ3v) is 3.13. The molecular weight excluding hydrogens is 206 g/mol. The highest BCUT2D eigenvalue weighted by molar-refractivity contribution is 6.99. The van der Waals surface area contributed by atoms with Crippen LogP contribution in [0.25, 0.3) is 0 Å². The van der Waals surface area contributed by atoms with Crippen LogP contribution in [0.2, 0.25) is 5.15 Å². The van der Waals surface area contributed by atoms with Crippen molar-refractivity contribution in [3.8, 4) is 0 Å². The molecule has 5 heteroatoms. The van der Waals surface area contributed by atoms with Gasteiger partial charge in [0.1, 0.15) is 0 Å². The van der Waals surface area contributed by atoms with Crippen molar-refractivity contribution < 1.29 is 0 Å². The first-order valence-corrected chi connectivity index (χ1v) is 5.52. The van der Waals surface area contributed by atoms with Gasteiger partial charge in [0.05, 0.1) is 11.7 Å². The van der Waals surface area contributed by atoms with E-state index in [4.69, 9.17) is 11.6 Å². The van der Waals surface area contributed by atoms with Crippen molar-refractivity contribution in [3.63, 3.8) is 0 Å². The Labute approximate surface area is 88.0 Å². The fraction of sp³-hybridized carbons (Fsp3) is 0.750. The molecule has 0 radical (unpaired) electrons. The summed E-state index contributed by atoms with van der Waals surface area (Å²) in [6, 6.07) is 0.501. The quantitative estimate of drug-likeness (QED) is 0.780. The summed E-state index contributed by atoms with van der Waals surface area (Å²) in [7, 11) is 2.01. The molecule has 1 aromatic heterocycles. The molecule has 0 aliphatic carbocycles. The largest absolute Gasteiger partial charge is 0.353 e. The van der Waals surface area contributed by atoms with E-state index < -0.39 is 0 Å². The second-order valence-corrected chi connectivity index (χ2v) is 3.85. The van der Waals surface area contributed by atoms with Gasteiger partial charge < -0.3 is 4.90 Å². The van der Waals surface area contributed by atoms with Gasteiger partial charge in [-0.05, 0) is 12.8 Å². The summed E-state index contributed by atoms with van der Waals surface area (Å²) in [6.07, 6.45) is 2.20. The molecule has 13 heavy (non-hydrogen) atoms. The van der Waals surface area contributed by atoms with Gasteiger partial charge >= 0.3 is 0 Å². The summed E-state index contributed by atoms with van der Waals surface area (Å²) in [6.45, 7) is 4.33. The molecule has 1 heterocycles. The van der Waals surface area contributed by atoms with E-state index >= 15 is 0 Å². The Hall–Kier alpha value is -0.350. The standard InChI is InChI=1S/C8H14ClN3S/c1-4-6(5-2)12(3)8-7(9)10-13-11-8/h6H,4-5H2,1-3H3. The second-order valence-electron chi connectivity index (χ2n) is 2.96. The van der Waals surface area contributed by atoms with Gasteiger partial charge in [-0.15, -0.1) is 0 Å². The van der Waals surface area contributed by atoms with E-state index in [1.165, 1.54) is 0 Å². The van der Waals surface area contributed by atoms with Crippen molar-refractivity contribution in [2.45, 2.75) is 32.7 Å². The monoisotopic (exact) mass is 219 g/mol. The second kappa shape index (κ2) is 4.77. The van der Waals surface area contributed by atoms with Crippen LogP contribution in [-0.2, 0) is 0 Å². The molecule has 0 fully saturated rings. The van der Waals surface area contributed by atoms with Gasteiger partial charge in [-0.1, -0.05) is 25.4 Å². The lowest BCUT2D eigenvalue weighted by molar-refractivity contribution is 0.588. The van der Waals surface area contributed by atoms with Crippen LogP contribution in [0.1, 0.15) is 26.7 Å². The Morgan fingerprint density at radius 2 is 2.00 bits per heavy atom. The summed E-state index contributed by atoms with van der Waals surface area (Å²) >= 11 is 7.05. The highest BCUT2D eigenvalue weighted by Crippen LogP contribution is 2.24. The van der Waals surface area contributed by atoms with Crippen LogP contribution in [0.5, 0.6) is 0 Å². The van der Waals surface area contributed by atoms with Crippen LogP contribution in [0.3, 0.4) is 0 Å². The number of halogens is 1. The summed E-state index contributed by atoms with van der Waals surface area (Å²) in [5, 5.41) is 0.513. The van der Waals surface area contributed by atoms with Crippen LogP contribution < -0.4 is 4.90 Å². The molecule has 0 aromatic carbocycles. The van der Waals surface area contributed by atoms with E-state index in [9.17, 15) is 0 Å². The average Bonchev–Trinajstić information content (AvgIpc) is 2.53. The van der Waals surface area contributed by atoms with Crippen molar-refractivity contribution in [1.29, 1.82) is 0 Å². The molecule has 0 saturated heterocycles. The maximum Gasteiger partial charge on any atom is 0.187 e. The van der Waals surface area contributed by atoms with Crippen molar-refractivity contribution in [2.24, 2.45) is 0 Å². The molecule has 3 nitrogen and oxygen atoms in total. The van der Waals surface area contributed by atoms with Crippen LogP contribution in [0.15, 0.2) is 0 Å². The maximum absolute atomic E-state index is 5.89. The number of rotatable bonds is 4. The highest BCUT2D eigenvalue weighted by Gasteiger charge is 2.16. The van der Waals surface area contributed by atoms with Crippen LogP contribution in [0, 0.1) is 0 Å². The molecule has 0 unspecified atom stereocenters.